The van der Waals surface area contributed by atoms with Crippen molar-refractivity contribution in [2.24, 2.45) is 5.10 Å². The zero-order valence-electron chi connectivity index (χ0n) is 23.6. The summed E-state index contributed by atoms with van der Waals surface area (Å²) in [6.45, 7) is 0.0866. The number of nitro groups is 1. The molecule has 0 saturated carbocycles. The zero-order chi connectivity index (χ0) is 31.8. The molecule has 1 aliphatic heterocycles. The average molecular weight is 609 g/mol. The van der Waals surface area contributed by atoms with E-state index in [0.29, 0.717) is 28.2 Å². The number of methoxy groups -OCH3 is 1. The van der Waals surface area contributed by atoms with Crippen molar-refractivity contribution in [2.75, 3.05) is 13.9 Å². The number of ether oxygens (including phenoxy) is 4. The highest BCUT2D eigenvalue weighted by Gasteiger charge is 2.18. The summed E-state index contributed by atoms with van der Waals surface area (Å²) in [5.74, 6) is -0.570. The molecule has 0 saturated heterocycles. The van der Waals surface area contributed by atoms with Gasteiger partial charge in [-0.2, -0.15) is 5.10 Å². The van der Waals surface area contributed by atoms with Crippen LogP contribution in [0, 0.1) is 10.1 Å². The third kappa shape index (κ3) is 7.48. The second kappa shape index (κ2) is 13.6. The molecule has 45 heavy (non-hydrogen) atoms. The van der Waals surface area contributed by atoms with Crippen molar-refractivity contribution in [3.05, 3.63) is 129 Å². The van der Waals surface area contributed by atoms with Crippen molar-refractivity contribution in [1.82, 2.24) is 10.7 Å². The molecule has 13 nitrogen and oxygen atoms in total. The molecule has 1 heterocycles. The highest BCUT2D eigenvalue weighted by Crippen LogP contribution is 2.33. The first-order chi connectivity index (χ1) is 21.8. The number of nitrogens with zero attached hydrogens (tertiary/aromatic N) is 2. The van der Waals surface area contributed by atoms with Gasteiger partial charge < -0.3 is 24.3 Å². The summed E-state index contributed by atoms with van der Waals surface area (Å²) in [5, 5.41) is 17.5. The first kappa shape index (κ1) is 30.0. The molecule has 0 unspecified atom stereocenters. The lowest BCUT2D eigenvalue weighted by Crippen LogP contribution is -2.32. The van der Waals surface area contributed by atoms with Crippen molar-refractivity contribution >= 4 is 35.8 Å². The van der Waals surface area contributed by atoms with Crippen LogP contribution in [0.2, 0.25) is 0 Å². The van der Waals surface area contributed by atoms with E-state index >= 15 is 0 Å². The molecule has 0 spiro atoms. The van der Waals surface area contributed by atoms with Gasteiger partial charge in [0.05, 0.1) is 23.8 Å². The maximum atomic E-state index is 13.1. The number of rotatable bonds is 10. The number of hydrogen-bond acceptors (Lipinski definition) is 10. The number of hydrazone groups is 1. The van der Waals surface area contributed by atoms with Crippen LogP contribution in [0.15, 0.2) is 102 Å². The van der Waals surface area contributed by atoms with Crippen LogP contribution in [0.1, 0.15) is 31.8 Å². The Balaban J connectivity index is 1.29. The van der Waals surface area contributed by atoms with Crippen molar-refractivity contribution in [3.63, 3.8) is 0 Å². The Labute approximate surface area is 255 Å². The van der Waals surface area contributed by atoms with Gasteiger partial charge in [-0.1, -0.05) is 24.3 Å². The van der Waals surface area contributed by atoms with E-state index in [1.807, 2.05) is 0 Å². The molecule has 13 heteroatoms. The summed E-state index contributed by atoms with van der Waals surface area (Å²) < 4.78 is 21.5. The molecule has 4 aromatic rings. The van der Waals surface area contributed by atoms with Gasteiger partial charge in [0.25, 0.3) is 17.5 Å². The van der Waals surface area contributed by atoms with Crippen LogP contribution >= 0.6 is 0 Å². The monoisotopic (exact) mass is 608 g/mol. The molecule has 2 amide bonds. The Hall–Kier alpha value is -6.50. The Morgan fingerprint density at radius 1 is 0.867 bits per heavy atom. The number of amides is 2. The van der Waals surface area contributed by atoms with Crippen LogP contribution in [-0.4, -0.2) is 42.8 Å². The van der Waals surface area contributed by atoms with Crippen LogP contribution in [0.25, 0.3) is 6.08 Å². The number of fused-ring (bicyclic) bond motifs is 1. The molecule has 0 aliphatic carbocycles. The van der Waals surface area contributed by atoms with Crippen LogP contribution in [-0.2, 0) is 4.79 Å². The van der Waals surface area contributed by atoms with Gasteiger partial charge in [-0.3, -0.25) is 19.7 Å². The van der Waals surface area contributed by atoms with Gasteiger partial charge in [-0.15, -0.1) is 0 Å². The van der Waals surface area contributed by atoms with Crippen LogP contribution in [0.4, 0.5) is 5.69 Å². The fraction of sp³-hybridized carbons (Fsp3) is 0.0625. The molecule has 4 aromatic carbocycles. The highest BCUT2D eigenvalue weighted by molar-refractivity contribution is 6.05. The van der Waals surface area contributed by atoms with E-state index in [-0.39, 0.29) is 35.2 Å². The van der Waals surface area contributed by atoms with Crippen LogP contribution < -0.4 is 29.7 Å². The molecule has 1 aliphatic rings. The van der Waals surface area contributed by atoms with E-state index in [9.17, 15) is 24.5 Å². The highest BCUT2D eigenvalue weighted by atomic mass is 16.7. The van der Waals surface area contributed by atoms with E-state index in [2.05, 4.69) is 15.8 Å². The first-order valence-electron chi connectivity index (χ1n) is 13.3. The topological polar surface area (TPSA) is 168 Å². The normalized spacial score (nSPS) is 12.0. The van der Waals surface area contributed by atoms with E-state index in [4.69, 9.17) is 18.9 Å². The summed E-state index contributed by atoms with van der Waals surface area (Å²) in [6.07, 6.45) is 2.81. The molecular formula is C32H24N4O9. The smallest absolute Gasteiger partial charge is 0.343 e. The van der Waals surface area contributed by atoms with Gasteiger partial charge >= 0.3 is 5.97 Å². The summed E-state index contributed by atoms with van der Waals surface area (Å²) in [7, 11) is 1.38. The maximum absolute atomic E-state index is 13.1. The SMILES string of the molecule is COc1cc(/C=N/NC(=O)/C(=C/c2ccc3c(c2)OCO3)NC(=O)c2ccccc2)ccc1OC(=O)c1ccc([N+](=O)[O-])cc1. The molecule has 5 rings (SSSR count). The molecule has 0 bridgehead atoms. The lowest BCUT2D eigenvalue weighted by molar-refractivity contribution is -0.384. The fourth-order valence-corrected chi connectivity index (χ4v) is 4.06. The molecule has 0 atom stereocenters. The second-order valence-corrected chi connectivity index (χ2v) is 9.29. The van der Waals surface area contributed by atoms with E-state index < -0.39 is 22.7 Å². The summed E-state index contributed by atoms with van der Waals surface area (Å²) in [6, 6.07) is 23.0. The number of esters is 1. The Morgan fingerprint density at radius 2 is 1.60 bits per heavy atom. The number of non-ortho nitro benzene ring substituents is 1. The standard InChI is InChI=1S/C32H24N4O9/c1-42-28-17-21(8-14-27(28)45-32(39)23-9-11-24(12-10-23)36(40)41)18-33-35-31(38)25(34-30(37)22-5-3-2-4-6-22)15-20-7-13-26-29(16-20)44-19-43-26/h2-18H,19H2,1H3,(H,34,37)(H,35,38)/b25-15-,33-18+. The van der Waals surface area contributed by atoms with Gasteiger partial charge in [0.2, 0.25) is 6.79 Å². The lowest BCUT2D eigenvalue weighted by atomic mass is 10.1. The number of nitrogens with one attached hydrogen (secondary N) is 2. The van der Waals surface area contributed by atoms with Gasteiger partial charge in [-0.05, 0) is 71.8 Å². The second-order valence-electron chi connectivity index (χ2n) is 9.29. The molecule has 0 radical (unpaired) electrons. The Morgan fingerprint density at radius 3 is 2.33 bits per heavy atom. The Bertz CT molecular complexity index is 1820. The minimum Gasteiger partial charge on any atom is -0.493 e. The molecule has 0 fully saturated rings. The lowest BCUT2D eigenvalue weighted by Gasteiger charge is -2.10. The predicted octanol–water partition coefficient (Wildman–Crippen LogP) is 4.47. The Kier molecular flexibility index (Phi) is 9.09. The minimum absolute atomic E-state index is 0.0778. The summed E-state index contributed by atoms with van der Waals surface area (Å²) in [5.41, 5.74) is 3.68. The van der Waals surface area contributed by atoms with Crippen LogP contribution in [0.5, 0.6) is 23.0 Å². The maximum Gasteiger partial charge on any atom is 0.343 e. The molecular weight excluding hydrogens is 584 g/mol. The number of benzene rings is 4. The largest absolute Gasteiger partial charge is 0.493 e. The van der Waals surface area contributed by atoms with Crippen molar-refractivity contribution in [1.29, 1.82) is 0 Å². The number of hydrogen-bond donors (Lipinski definition) is 2. The predicted molar refractivity (Wildman–Crippen MR) is 161 cm³/mol. The average Bonchev–Trinajstić information content (AvgIpc) is 3.53. The summed E-state index contributed by atoms with van der Waals surface area (Å²) in [4.78, 5) is 48.8. The van der Waals surface area contributed by atoms with E-state index in [1.165, 1.54) is 55.8 Å². The van der Waals surface area contributed by atoms with Gasteiger partial charge in [0, 0.05) is 17.7 Å². The van der Waals surface area contributed by atoms with Crippen molar-refractivity contribution in [2.45, 2.75) is 0 Å². The minimum atomic E-state index is -0.740. The quantitative estimate of drug-likeness (QED) is 0.0659. The van der Waals surface area contributed by atoms with Crippen molar-refractivity contribution in [3.8, 4) is 23.0 Å². The third-order valence-electron chi connectivity index (χ3n) is 6.32. The number of nitro benzene ring substituents is 1. The first-order valence-corrected chi connectivity index (χ1v) is 13.3. The van der Waals surface area contributed by atoms with E-state index in [1.54, 1.807) is 54.6 Å². The molecule has 226 valence electrons. The van der Waals surface area contributed by atoms with Gasteiger partial charge in [-0.25, -0.2) is 10.2 Å². The number of carbonyl (C=O) groups excluding carboxylic acids is 3. The van der Waals surface area contributed by atoms with Gasteiger partial charge in [0.1, 0.15) is 5.70 Å². The third-order valence-corrected chi connectivity index (χ3v) is 6.32. The summed E-state index contributed by atoms with van der Waals surface area (Å²) >= 11 is 0. The fourth-order valence-electron chi connectivity index (χ4n) is 4.06. The zero-order valence-corrected chi connectivity index (χ0v) is 23.6. The molecule has 0 aromatic heterocycles. The molecule has 2 N–H and O–H groups in total. The number of carbonyl (C=O) groups is 3. The van der Waals surface area contributed by atoms with Crippen molar-refractivity contribution < 1.29 is 38.3 Å². The van der Waals surface area contributed by atoms with E-state index in [0.717, 1.165) is 0 Å². The van der Waals surface area contributed by atoms with Gasteiger partial charge in [0.15, 0.2) is 23.0 Å². The van der Waals surface area contributed by atoms with Crippen LogP contribution in [0.3, 0.4) is 0 Å².